The molecule has 82 valence electrons. The molecule has 1 aliphatic rings. The lowest BCUT2D eigenvalue weighted by atomic mass is 10.1. The Morgan fingerprint density at radius 3 is 2.94 bits per heavy atom. The minimum Gasteiger partial charge on any atom is -0.325 e. The Morgan fingerprint density at radius 1 is 1.31 bits per heavy atom. The van der Waals surface area contributed by atoms with Gasteiger partial charge in [0.15, 0.2) is 0 Å². The number of hydrogen-bond acceptors (Lipinski definition) is 2. The van der Waals surface area contributed by atoms with Crippen molar-refractivity contribution in [3.8, 4) is 0 Å². The van der Waals surface area contributed by atoms with Crippen LogP contribution in [0.25, 0.3) is 11.0 Å². The third kappa shape index (κ3) is 1.35. The van der Waals surface area contributed by atoms with Gasteiger partial charge in [-0.05, 0) is 25.3 Å². The van der Waals surface area contributed by atoms with Gasteiger partial charge in [0.05, 0.1) is 11.7 Å². The van der Waals surface area contributed by atoms with Crippen molar-refractivity contribution in [2.45, 2.75) is 26.3 Å². The summed E-state index contributed by atoms with van der Waals surface area (Å²) < 4.78 is 2.25. The smallest absolute Gasteiger partial charge is 0.144 e. The first kappa shape index (κ1) is 9.58. The molecule has 0 spiro atoms. The fourth-order valence-electron chi connectivity index (χ4n) is 2.43. The zero-order valence-corrected chi connectivity index (χ0v) is 9.59. The van der Waals surface area contributed by atoms with Crippen molar-refractivity contribution < 1.29 is 0 Å². The molecule has 0 unspecified atom stereocenters. The summed E-state index contributed by atoms with van der Waals surface area (Å²) in [6.45, 7) is 4.28. The molecule has 2 aromatic heterocycles. The number of fused-ring (bicyclic) bond motifs is 1. The van der Waals surface area contributed by atoms with Crippen LogP contribution in [0.2, 0.25) is 0 Å². The van der Waals surface area contributed by atoms with Crippen molar-refractivity contribution >= 4 is 11.0 Å². The van der Waals surface area contributed by atoms with E-state index in [1.54, 1.807) is 6.33 Å². The van der Waals surface area contributed by atoms with E-state index in [4.69, 9.17) is 0 Å². The lowest BCUT2D eigenvalue weighted by Crippen LogP contribution is -2.04. The molecule has 0 aromatic carbocycles. The van der Waals surface area contributed by atoms with Gasteiger partial charge in [0.25, 0.3) is 0 Å². The van der Waals surface area contributed by atoms with Crippen molar-refractivity contribution in [3.63, 3.8) is 0 Å². The van der Waals surface area contributed by atoms with Gasteiger partial charge in [0, 0.05) is 11.6 Å². The number of aryl methyl sites for hydroxylation is 1. The molecule has 0 radical (unpaired) electrons. The van der Waals surface area contributed by atoms with E-state index >= 15 is 0 Å². The Kier molecular flexibility index (Phi) is 2.06. The third-order valence-corrected chi connectivity index (χ3v) is 3.34. The van der Waals surface area contributed by atoms with Crippen molar-refractivity contribution in [2.75, 3.05) is 0 Å². The first-order chi connectivity index (χ1) is 7.75. The van der Waals surface area contributed by atoms with Crippen LogP contribution in [-0.2, 0) is 0 Å². The Hall–Kier alpha value is -1.64. The lowest BCUT2D eigenvalue weighted by molar-refractivity contribution is 0.539. The van der Waals surface area contributed by atoms with Crippen LogP contribution in [0.4, 0.5) is 0 Å². The Balaban J connectivity index is 2.12. The molecule has 0 aliphatic heterocycles. The van der Waals surface area contributed by atoms with Crippen LogP contribution in [0.1, 0.15) is 25.1 Å². The van der Waals surface area contributed by atoms with Crippen LogP contribution >= 0.6 is 0 Å². The normalized spacial score (nSPS) is 24.4. The average molecular weight is 213 g/mol. The zero-order valence-electron chi connectivity index (χ0n) is 9.59. The molecule has 3 nitrogen and oxygen atoms in total. The van der Waals surface area contributed by atoms with Crippen LogP contribution in [0.5, 0.6) is 0 Å². The fourth-order valence-corrected chi connectivity index (χ4v) is 2.43. The largest absolute Gasteiger partial charge is 0.325 e. The second-order valence-electron chi connectivity index (χ2n) is 4.58. The fraction of sp³-hybridized carbons (Fsp3) is 0.385. The average Bonchev–Trinajstić information content (AvgIpc) is 2.84. The first-order valence-electron chi connectivity index (χ1n) is 5.72. The van der Waals surface area contributed by atoms with Crippen LogP contribution in [0, 0.1) is 12.8 Å². The van der Waals surface area contributed by atoms with Crippen LogP contribution in [0.3, 0.4) is 0 Å². The summed E-state index contributed by atoms with van der Waals surface area (Å²) in [6, 6.07) is 2.57. The maximum absolute atomic E-state index is 4.39. The highest BCUT2D eigenvalue weighted by Crippen LogP contribution is 2.30. The van der Waals surface area contributed by atoms with Gasteiger partial charge < -0.3 is 4.57 Å². The van der Waals surface area contributed by atoms with E-state index < -0.39 is 0 Å². The summed E-state index contributed by atoms with van der Waals surface area (Å²) in [5.74, 6) is 0.672. The Bertz CT molecular complexity index is 553. The molecular weight excluding hydrogens is 198 g/mol. The molecule has 2 heterocycles. The quantitative estimate of drug-likeness (QED) is 0.682. The molecule has 0 saturated carbocycles. The van der Waals surface area contributed by atoms with E-state index in [1.165, 1.54) is 6.42 Å². The second kappa shape index (κ2) is 3.44. The maximum Gasteiger partial charge on any atom is 0.144 e. The monoisotopic (exact) mass is 213 g/mol. The van der Waals surface area contributed by atoms with Gasteiger partial charge in [-0.3, -0.25) is 0 Å². The molecule has 0 saturated heterocycles. The third-order valence-electron chi connectivity index (χ3n) is 3.34. The van der Waals surface area contributed by atoms with Crippen LogP contribution in [-0.4, -0.2) is 14.5 Å². The van der Waals surface area contributed by atoms with Gasteiger partial charge in [-0.2, -0.15) is 0 Å². The summed E-state index contributed by atoms with van der Waals surface area (Å²) in [5.41, 5.74) is 2.11. The molecule has 3 rings (SSSR count). The van der Waals surface area contributed by atoms with E-state index in [9.17, 15) is 0 Å². The first-order valence-corrected chi connectivity index (χ1v) is 5.72. The predicted molar refractivity (Wildman–Crippen MR) is 64.2 cm³/mol. The van der Waals surface area contributed by atoms with Gasteiger partial charge in [-0.15, -0.1) is 0 Å². The minimum atomic E-state index is 0.460. The molecule has 16 heavy (non-hydrogen) atoms. The highest BCUT2D eigenvalue weighted by atomic mass is 15.1. The topological polar surface area (TPSA) is 30.7 Å². The highest BCUT2D eigenvalue weighted by molar-refractivity contribution is 5.78. The van der Waals surface area contributed by atoms with E-state index in [-0.39, 0.29) is 0 Å². The number of allylic oxidation sites excluding steroid dienone is 2. The molecule has 0 N–H and O–H groups in total. The molecule has 0 fully saturated rings. The van der Waals surface area contributed by atoms with Crippen molar-refractivity contribution in [1.29, 1.82) is 0 Å². The molecule has 2 atom stereocenters. The van der Waals surface area contributed by atoms with E-state index in [2.05, 4.69) is 45.9 Å². The molecule has 0 bridgehead atoms. The second-order valence-corrected chi connectivity index (χ2v) is 4.58. The van der Waals surface area contributed by atoms with E-state index in [1.807, 2.05) is 6.92 Å². The maximum atomic E-state index is 4.39. The van der Waals surface area contributed by atoms with E-state index in [0.717, 1.165) is 16.7 Å². The molecule has 3 heteroatoms. The SMILES string of the molecule is Cc1ncnc2c1ccn2[C@H]1C=C[C@@H](C)C1. The molecule has 2 aromatic rings. The minimum absolute atomic E-state index is 0.460. The summed E-state index contributed by atoms with van der Waals surface area (Å²) in [5, 5.41) is 1.16. The van der Waals surface area contributed by atoms with Gasteiger partial charge in [-0.25, -0.2) is 9.97 Å². The zero-order chi connectivity index (χ0) is 11.1. The highest BCUT2D eigenvalue weighted by Gasteiger charge is 2.18. The van der Waals surface area contributed by atoms with Gasteiger partial charge in [0.2, 0.25) is 0 Å². The van der Waals surface area contributed by atoms with Crippen molar-refractivity contribution in [2.24, 2.45) is 5.92 Å². The van der Waals surface area contributed by atoms with Crippen LogP contribution in [0.15, 0.2) is 30.7 Å². The predicted octanol–water partition coefficient (Wildman–Crippen LogP) is 2.88. The van der Waals surface area contributed by atoms with Crippen molar-refractivity contribution in [1.82, 2.24) is 14.5 Å². The van der Waals surface area contributed by atoms with Gasteiger partial charge in [-0.1, -0.05) is 19.1 Å². The number of rotatable bonds is 1. The molecule has 1 aliphatic carbocycles. The summed E-state index contributed by atoms with van der Waals surface area (Å²) in [7, 11) is 0. The number of nitrogens with zero attached hydrogens (tertiary/aromatic N) is 3. The standard InChI is InChI=1S/C13H15N3/c1-9-3-4-11(7-9)16-6-5-12-10(2)14-8-15-13(12)16/h3-6,8-9,11H,7H2,1-2H3/t9-,11+/m1/s1. The van der Waals surface area contributed by atoms with E-state index in [0.29, 0.717) is 12.0 Å². The lowest BCUT2D eigenvalue weighted by Gasteiger charge is -2.12. The Labute approximate surface area is 94.8 Å². The molecule has 0 amide bonds. The van der Waals surface area contributed by atoms with Crippen LogP contribution < -0.4 is 0 Å². The van der Waals surface area contributed by atoms with Crippen molar-refractivity contribution in [3.05, 3.63) is 36.4 Å². The summed E-state index contributed by atoms with van der Waals surface area (Å²) >= 11 is 0. The Morgan fingerprint density at radius 2 is 2.19 bits per heavy atom. The summed E-state index contributed by atoms with van der Waals surface area (Å²) in [6.07, 6.45) is 9.51. The van der Waals surface area contributed by atoms with Gasteiger partial charge >= 0.3 is 0 Å². The molecular formula is C13H15N3. The number of hydrogen-bond donors (Lipinski definition) is 0. The van der Waals surface area contributed by atoms with Gasteiger partial charge in [0.1, 0.15) is 12.0 Å². The number of aromatic nitrogens is 3. The summed E-state index contributed by atoms with van der Waals surface area (Å²) in [4.78, 5) is 8.61.